The van der Waals surface area contributed by atoms with Gasteiger partial charge in [-0.2, -0.15) is 0 Å². The van der Waals surface area contributed by atoms with Gasteiger partial charge in [0.1, 0.15) is 5.52 Å². The lowest BCUT2D eigenvalue weighted by atomic mass is 10.2. The lowest BCUT2D eigenvalue weighted by Crippen LogP contribution is -1.95. The third-order valence-electron chi connectivity index (χ3n) is 2.91. The van der Waals surface area contributed by atoms with E-state index in [-0.39, 0.29) is 0 Å². The van der Waals surface area contributed by atoms with Crippen LogP contribution < -0.4 is 5.32 Å². The molecule has 0 unspecified atom stereocenters. The Morgan fingerprint density at radius 3 is 2.50 bits per heavy atom. The van der Waals surface area contributed by atoms with Crippen LogP contribution in [0.5, 0.6) is 0 Å². The number of anilines is 2. The van der Waals surface area contributed by atoms with Crippen LogP contribution >= 0.6 is 0 Å². The molecule has 0 atom stereocenters. The summed E-state index contributed by atoms with van der Waals surface area (Å²) in [7, 11) is 0. The summed E-state index contributed by atoms with van der Waals surface area (Å²) in [5.74, 6) is 0. The molecule has 0 aliphatic heterocycles. The molecule has 88 valence electrons. The molecular weight excluding hydrogens is 222 g/mol. The molecule has 18 heavy (non-hydrogen) atoms. The molecule has 0 aliphatic rings. The van der Waals surface area contributed by atoms with Crippen LogP contribution in [0.3, 0.4) is 0 Å². The van der Waals surface area contributed by atoms with E-state index in [0.29, 0.717) is 0 Å². The van der Waals surface area contributed by atoms with Gasteiger partial charge in [-0.15, -0.1) is 0 Å². The maximum atomic E-state index is 4.38. The minimum Gasteiger partial charge on any atom is -0.353 e. The molecule has 1 aromatic heterocycles. The maximum Gasteiger partial charge on any atom is 0.112 e. The highest BCUT2D eigenvalue weighted by Crippen LogP contribution is 2.25. The zero-order valence-electron chi connectivity index (χ0n) is 10.1. The van der Waals surface area contributed by atoms with Crippen LogP contribution in [0.25, 0.3) is 11.0 Å². The standard InChI is InChI=1S/C15H13N3/c1-11-5-2-3-6-12(11)18-14-8-4-7-13-15(14)17-10-9-16-13/h2-10,18H,1H3. The molecule has 0 amide bonds. The second-order valence-corrected chi connectivity index (χ2v) is 4.17. The number of nitrogens with zero attached hydrogens (tertiary/aromatic N) is 2. The number of hydrogen-bond donors (Lipinski definition) is 1. The summed E-state index contributed by atoms with van der Waals surface area (Å²) in [6.45, 7) is 2.08. The Balaban J connectivity index is 2.08. The van der Waals surface area contributed by atoms with Gasteiger partial charge in [0.2, 0.25) is 0 Å². The maximum absolute atomic E-state index is 4.38. The van der Waals surface area contributed by atoms with Crippen LogP contribution in [0, 0.1) is 6.92 Å². The average molecular weight is 235 g/mol. The normalized spacial score (nSPS) is 10.5. The molecular formula is C15H13N3. The summed E-state index contributed by atoms with van der Waals surface area (Å²) in [5.41, 5.74) is 5.07. The van der Waals surface area contributed by atoms with E-state index in [1.165, 1.54) is 5.56 Å². The number of para-hydroxylation sites is 2. The second kappa shape index (κ2) is 4.45. The minimum absolute atomic E-state index is 0.892. The predicted octanol–water partition coefficient (Wildman–Crippen LogP) is 3.68. The number of hydrogen-bond acceptors (Lipinski definition) is 3. The van der Waals surface area contributed by atoms with E-state index < -0.39 is 0 Å². The molecule has 0 saturated carbocycles. The van der Waals surface area contributed by atoms with E-state index in [4.69, 9.17) is 0 Å². The van der Waals surface area contributed by atoms with Crippen LogP contribution in [0.4, 0.5) is 11.4 Å². The third kappa shape index (κ3) is 1.91. The number of aryl methyl sites for hydroxylation is 1. The van der Waals surface area contributed by atoms with E-state index in [9.17, 15) is 0 Å². The van der Waals surface area contributed by atoms with Crippen molar-refractivity contribution in [2.45, 2.75) is 6.92 Å². The van der Waals surface area contributed by atoms with Crippen LogP contribution in [0.2, 0.25) is 0 Å². The lowest BCUT2D eigenvalue weighted by molar-refractivity contribution is 1.29. The van der Waals surface area contributed by atoms with Crippen LogP contribution in [-0.2, 0) is 0 Å². The molecule has 3 heteroatoms. The zero-order chi connectivity index (χ0) is 12.4. The monoisotopic (exact) mass is 235 g/mol. The van der Waals surface area contributed by atoms with Gasteiger partial charge in [-0.25, -0.2) is 0 Å². The molecule has 3 rings (SSSR count). The molecule has 2 aromatic carbocycles. The summed E-state index contributed by atoms with van der Waals surface area (Å²) in [6.07, 6.45) is 3.42. The SMILES string of the molecule is Cc1ccccc1Nc1cccc2nccnc12. The van der Waals surface area contributed by atoms with Crippen molar-refractivity contribution in [3.05, 3.63) is 60.4 Å². The number of nitrogens with one attached hydrogen (secondary N) is 1. The molecule has 1 N–H and O–H groups in total. The van der Waals surface area contributed by atoms with Crippen molar-refractivity contribution >= 4 is 22.4 Å². The topological polar surface area (TPSA) is 37.8 Å². The van der Waals surface area contributed by atoms with Gasteiger partial charge in [-0.05, 0) is 30.7 Å². The van der Waals surface area contributed by atoms with E-state index in [0.717, 1.165) is 22.4 Å². The first-order valence-corrected chi connectivity index (χ1v) is 5.87. The molecule has 3 nitrogen and oxygen atoms in total. The Bertz CT molecular complexity index is 687. The highest BCUT2D eigenvalue weighted by atomic mass is 14.9. The molecule has 1 heterocycles. The van der Waals surface area contributed by atoms with Crippen molar-refractivity contribution in [2.24, 2.45) is 0 Å². The van der Waals surface area contributed by atoms with Gasteiger partial charge in [0.05, 0.1) is 11.2 Å². The molecule has 3 aromatic rings. The second-order valence-electron chi connectivity index (χ2n) is 4.17. The number of benzene rings is 2. The summed E-state index contributed by atoms with van der Waals surface area (Å²) in [6, 6.07) is 14.2. The third-order valence-corrected chi connectivity index (χ3v) is 2.91. The van der Waals surface area contributed by atoms with Crippen molar-refractivity contribution in [1.29, 1.82) is 0 Å². The predicted molar refractivity (Wildman–Crippen MR) is 74.0 cm³/mol. The number of rotatable bonds is 2. The van der Waals surface area contributed by atoms with Crippen molar-refractivity contribution in [1.82, 2.24) is 9.97 Å². The summed E-state index contributed by atoms with van der Waals surface area (Å²) < 4.78 is 0. The average Bonchev–Trinajstić information content (AvgIpc) is 2.42. The fourth-order valence-electron chi connectivity index (χ4n) is 1.95. The van der Waals surface area contributed by atoms with Crippen LogP contribution in [0.15, 0.2) is 54.9 Å². The van der Waals surface area contributed by atoms with Crippen molar-refractivity contribution < 1.29 is 0 Å². The Morgan fingerprint density at radius 2 is 1.61 bits per heavy atom. The van der Waals surface area contributed by atoms with E-state index in [1.54, 1.807) is 12.4 Å². The number of fused-ring (bicyclic) bond motifs is 1. The molecule has 0 radical (unpaired) electrons. The molecule has 0 spiro atoms. The van der Waals surface area contributed by atoms with Crippen molar-refractivity contribution in [3.8, 4) is 0 Å². The van der Waals surface area contributed by atoms with Crippen molar-refractivity contribution in [3.63, 3.8) is 0 Å². The molecule has 0 bridgehead atoms. The smallest absolute Gasteiger partial charge is 0.112 e. The summed E-state index contributed by atoms with van der Waals surface area (Å²) >= 11 is 0. The first-order chi connectivity index (χ1) is 8.84. The highest BCUT2D eigenvalue weighted by molar-refractivity contribution is 5.89. The van der Waals surface area contributed by atoms with E-state index in [1.807, 2.05) is 30.3 Å². The quantitative estimate of drug-likeness (QED) is 0.736. The van der Waals surface area contributed by atoms with Crippen LogP contribution in [0.1, 0.15) is 5.56 Å². The largest absolute Gasteiger partial charge is 0.353 e. The Hall–Kier alpha value is -2.42. The molecule has 0 saturated heterocycles. The van der Waals surface area contributed by atoms with Gasteiger partial charge in [-0.3, -0.25) is 9.97 Å². The first-order valence-electron chi connectivity index (χ1n) is 5.87. The summed E-state index contributed by atoms with van der Waals surface area (Å²) in [4.78, 5) is 8.69. The molecule has 0 fully saturated rings. The fourth-order valence-corrected chi connectivity index (χ4v) is 1.95. The van der Waals surface area contributed by atoms with E-state index in [2.05, 4.69) is 34.3 Å². The fraction of sp³-hybridized carbons (Fsp3) is 0.0667. The van der Waals surface area contributed by atoms with Crippen LogP contribution in [-0.4, -0.2) is 9.97 Å². The van der Waals surface area contributed by atoms with Gasteiger partial charge in [0.25, 0.3) is 0 Å². The zero-order valence-corrected chi connectivity index (χ0v) is 10.1. The van der Waals surface area contributed by atoms with Gasteiger partial charge >= 0.3 is 0 Å². The molecule has 0 aliphatic carbocycles. The van der Waals surface area contributed by atoms with Gasteiger partial charge in [0.15, 0.2) is 0 Å². The number of aromatic nitrogens is 2. The van der Waals surface area contributed by atoms with Gasteiger partial charge in [0, 0.05) is 18.1 Å². The van der Waals surface area contributed by atoms with Crippen molar-refractivity contribution in [2.75, 3.05) is 5.32 Å². The Kier molecular flexibility index (Phi) is 2.65. The first kappa shape index (κ1) is 10.7. The Morgan fingerprint density at radius 1 is 0.833 bits per heavy atom. The van der Waals surface area contributed by atoms with E-state index >= 15 is 0 Å². The van der Waals surface area contributed by atoms with Gasteiger partial charge in [-0.1, -0.05) is 24.3 Å². The Labute approximate surface area is 106 Å². The lowest BCUT2D eigenvalue weighted by Gasteiger charge is -2.10. The summed E-state index contributed by atoms with van der Waals surface area (Å²) in [5, 5.41) is 3.41. The minimum atomic E-state index is 0.892. The highest BCUT2D eigenvalue weighted by Gasteiger charge is 2.03. The van der Waals surface area contributed by atoms with Gasteiger partial charge < -0.3 is 5.32 Å².